The quantitative estimate of drug-likeness (QED) is 0.512. The smallest absolute Gasteiger partial charge is 0.341 e. The first-order chi connectivity index (χ1) is 14.0. The third kappa shape index (κ3) is 5.93. The fourth-order valence-electron chi connectivity index (χ4n) is 2.76. The first-order valence-electron chi connectivity index (χ1n) is 8.98. The van der Waals surface area contributed by atoms with Crippen molar-refractivity contribution >= 4 is 27.5 Å². The lowest BCUT2D eigenvalue weighted by atomic mass is 10.0. The molecule has 0 aliphatic carbocycles. The number of nitrogens with zero attached hydrogens (tertiary/aromatic N) is 1. The second-order valence-electron chi connectivity index (χ2n) is 6.26. The average Bonchev–Trinajstić information content (AvgIpc) is 2.72. The van der Waals surface area contributed by atoms with Crippen LogP contribution >= 0.6 is 15.9 Å². The predicted molar refractivity (Wildman–Crippen MR) is 115 cm³/mol. The molecule has 3 aromatic rings. The molecule has 2 aromatic carbocycles. The highest BCUT2D eigenvalue weighted by Gasteiger charge is 2.07. The molecule has 1 aromatic heterocycles. The van der Waals surface area contributed by atoms with Crippen LogP contribution in [-0.2, 0) is 4.79 Å². The van der Waals surface area contributed by atoms with E-state index in [1.165, 1.54) is 0 Å². The molecular formula is C23H20BrNO4. The minimum atomic E-state index is -1.01. The van der Waals surface area contributed by atoms with Crippen LogP contribution in [0.3, 0.4) is 0 Å². The van der Waals surface area contributed by atoms with Gasteiger partial charge in [-0.25, -0.2) is 4.79 Å². The SMILES string of the molecule is Cc1cc(OC/C=C(/c2ccc(Br)cc2)c2ccccn2)ccc1OCC(=O)O. The molecule has 0 aliphatic heterocycles. The van der Waals surface area contributed by atoms with E-state index in [0.29, 0.717) is 18.1 Å². The summed E-state index contributed by atoms with van der Waals surface area (Å²) in [6.07, 6.45) is 3.76. The third-order valence-electron chi connectivity index (χ3n) is 4.13. The van der Waals surface area contributed by atoms with Gasteiger partial charge in [-0.05, 0) is 66.6 Å². The van der Waals surface area contributed by atoms with Gasteiger partial charge in [0.25, 0.3) is 0 Å². The standard InChI is InChI=1S/C23H20BrNO4/c1-16-14-19(9-10-22(16)29-15-23(26)27)28-13-11-20(21-4-2-3-12-25-21)17-5-7-18(24)8-6-17/h2-12,14H,13,15H2,1H3,(H,26,27)/b20-11-. The van der Waals surface area contributed by atoms with Crippen molar-refractivity contribution in [1.29, 1.82) is 0 Å². The van der Waals surface area contributed by atoms with Gasteiger partial charge in [0, 0.05) is 16.2 Å². The van der Waals surface area contributed by atoms with Crippen molar-refractivity contribution in [1.82, 2.24) is 4.98 Å². The zero-order valence-corrected chi connectivity index (χ0v) is 17.4. The Morgan fingerprint density at radius 3 is 2.55 bits per heavy atom. The highest BCUT2D eigenvalue weighted by molar-refractivity contribution is 9.10. The molecule has 1 N–H and O–H groups in total. The molecule has 0 atom stereocenters. The van der Waals surface area contributed by atoms with E-state index in [4.69, 9.17) is 14.6 Å². The molecular weight excluding hydrogens is 434 g/mol. The summed E-state index contributed by atoms with van der Waals surface area (Å²) in [4.78, 5) is 15.1. The van der Waals surface area contributed by atoms with Gasteiger partial charge in [0.2, 0.25) is 0 Å². The molecule has 0 bridgehead atoms. The molecule has 0 amide bonds. The maximum atomic E-state index is 10.6. The van der Waals surface area contributed by atoms with Crippen molar-refractivity contribution in [2.45, 2.75) is 6.92 Å². The molecule has 0 saturated carbocycles. The zero-order valence-electron chi connectivity index (χ0n) is 15.8. The summed E-state index contributed by atoms with van der Waals surface area (Å²) in [7, 11) is 0. The van der Waals surface area contributed by atoms with Crippen molar-refractivity contribution in [3.63, 3.8) is 0 Å². The van der Waals surface area contributed by atoms with Gasteiger partial charge in [-0.15, -0.1) is 0 Å². The van der Waals surface area contributed by atoms with Crippen molar-refractivity contribution in [3.8, 4) is 11.5 Å². The fourth-order valence-corrected chi connectivity index (χ4v) is 3.02. The molecule has 148 valence electrons. The number of pyridine rings is 1. The number of carboxylic acid groups (broad SMARTS) is 1. The van der Waals surface area contributed by atoms with E-state index in [2.05, 4.69) is 20.9 Å². The van der Waals surface area contributed by atoms with Gasteiger partial charge >= 0.3 is 5.97 Å². The molecule has 0 saturated heterocycles. The number of hydrogen-bond donors (Lipinski definition) is 1. The highest BCUT2D eigenvalue weighted by atomic mass is 79.9. The van der Waals surface area contributed by atoms with Gasteiger partial charge in [0.05, 0.1) is 5.69 Å². The summed E-state index contributed by atoms with van der Waals surface area (Å²) >= 11 is 3.46. The summed E-state index contributed by atoms with van der Waals surface area (Å²) in [5.41, 5.74) is 3.71. The summed E-state index contributed by atoms with van der Waals surface area (Å²) in [5.74, 6) is 0.196. The molecule has 0 radical (unpaired) electrons. The summed E-state index contributed by atoms with van der Waals surface area (Å²) in [6, 6.07) is 19.2. The third-order valence-corrected chi connectivity index (χ3v) is 4.66. The highest BCUT2D eigenvalue weighted by Crippen LogP contribution is 2.25. The fraction of sp³-hybridized carbons (Fsp3) is 0.130. The number of aryl methyl sites for hydroxylation is 1. The Morgan fingerprint density at radius 2 is 1.90 bits per heavy atom. The molecule has 3 rings (SSSR count). The van der Waals surface area contributed by atoms with E-state index >= 15 is 0 Å². The van der Waals surface area contributed by atoms with E-state index < -0.39 is 5.97 Å². The lowest BCUT2D eigenvalue weighted by Crippen LogP contribution is -2.10. The molecule has 29 heavy (non-hydrogen) atoms. The number of rotatable bonds is 8. The molecule has 5 nitrogen and oxygen atoms in total. The lowest BCUT2D eigenvalue weighted by molar-refractivity contribution is -0.139. The number of carboxylic acids is 1. The molecule has 0 spiro atoms. The van der Waals surface area contributed by atoms with Gasteiger partial charge in [-0.3, -0.25) is 4.98 Å². The minimum absolute atomic E-state index is 0.358. The number of carbonyl (C=O) groups is 1. The summed E-state index contributed by atoms with van der Waals surface area (Å²) < 4.78 is 12.1. The number of halogens is 1. The number of aliphatic carboxylic acids is 1. The van der Waals surface area contributed by atoms with E-state index in [0.717, 1.165) is 26.9 Å². The van der Waals surface area contributed by atoms with Crippen LogP contribution < -0.4 is 9.47 Å². The summed E-state index contributed by atoms with van der Waals surface area (Å²) in [6.45, 7) is 1.84. The maximum Gasteiger partial charge on any atom is 0.341 e. The maximum absolute atomic E-state index is 10.6. The first kappa shape index (κ1) is 20.6. The molecule has 1 heterocycles. The predicted octanol–water partition coefficient (Wildman–Crippen LogP) is 5.13. The topological polar surface area (TPSA) is 68.7 Å². The Hall–Kier alpha value is -3.12. The Kier molecular flexibility index (Phi) is 7.03. The van der Waals surface area contributed by atoms with E-state index in [1.54, 1.807) is 18.3 Å². The second kappa shape index (κ2) is 9.89. The normalized spacial score (nSPS) is 11.2. The van der Waals surface area contributed by atoms with Crippen LogP contribution in [0.25, 0.3) is 5.57 Å². The van der Waals surface area contributed by atoms with Crippen molar-refractivity contribution in [2.24, 2.45) is 0 Å². The largest absolute Gasteiger partial charge is 0.489 e. The minimum Gasteiger partial charge on any atom is -0.489 e. The van der Waals surface area contributed by atoms with Crippen LogP contribution in [0, 0.1) is 6.92 Å². The van der Waals surface area contributed by atoms with E-state index in [1.807, 2.05) is 61.5 Å². The van der Waals surface area contributed by atoms with Crippen molar-refractivity contribution < 1.29 is 19.4 Å². The number of benzene rings is 2. The van der Waals surface area contributed by atoms with Crippen LogP contribution in [0.15, 0.2) is 77.4 Å². The molecule has 0 fully saturated rings. The van der Waals surface area contributed by atoms with Crippen LogP contribution in [0.1, 0.15) is 16.8 Å². The van der Waals surface area contributed by atoms with Gasteiger partial charge in [-0.2, -0.15) is 0 Å². The van der Waals surface area contributed by atoms with Gasteiger partial charge in [0.15, 0.2) is 6.61 Å². The van der Waals surface area contributed by atoms with Crippen LogP contribution in [0.4, 0.5) is 0 Å². The first-order valence-corrected chi connectivity index (χ1v) is 9.78. The van der Waals surface area contributed by atoms with Gasteiger partial charge < -0.3 is 14.6 Å². The Bertz CT molecular complexity index is 1000. The van der Waals surface area contributed by atoms with Crippen LogP contribution in [0.2, 0.25) is 0 Å². The second-order valence-corrected chi connectivity index (χ2v) is 7.18. The average molecular weight is 454 g/mol. The summed E-state index contributed by atoms with van der Waals surface area (Å²) in [5, 5.41) is 8.73. The van der Waals surface area contributed by atoms with E-state index in [-0.39, 0.29) is 6.61 Å². The van der Waals surface area contributed by atoms with Gasteiger partial charge in [-0.1, -0.05) is 34.1 Å². The molecule has 0 unspecified atom stereocenters. The van der Waals surface area contributed by atoms with Crippen LogP contribution in [-0.4, -0.2) is 29.3 Å². The Balaban J connectivity index is 1.75. The Labute approximate surface area is 177 Å². The van der Waals surface area contributed by atoms with Crippen LogP contribution in [0.5, 0.6) is 11.5 Å². The van der Waals surface area contributed by atoms with E-state index in [9.17, 15) is 4.79 Å². The molecule has 0 aliphatic rings. The Morgan fingerprint density at radius 1 is 1.10 bits per heavy atom. The number of hydrogen-bond acceptors (Lipinski definition) is 4. The zero-order chi connectivity index (χ0) is 20.6. The van der Waals surface area contributed by atoms with Crippen molar-refractivity contribution in [2.75, 3.05) is 13.2 Å². The number of ether oxygens (including phenoxy) is 2. The lowest BCUT2D eigenvalue weighted by Gasteiger charge is -2.11. The monoisotopic (exact) mass is 453 g/mol. The number of aromatic nitrogens is 1. The van der Waals surface area contributed by atoms with Gasteiger partial charge in [0.1, 0.15) is 18.1 Å². The van der Waals surface area contributed by atoms with Crippen molar-refractivity contribution in [3.05, 3.63) is 94.2 Å². The molecule has 6 heteroatoms.